The van der Waals surface area contributed by atoms with Gasteiger partial charge in [0, 0.05) is 16.2 Å². The summed E-state index contributed by atoms with van der Waals surface area (Å²) >= 11 is 1.73. The summed E-state index contributed by atoms with van der Waals surface area (Å²) < 4.78 is 5.22. The number of ether oxygens (including phenoxy) is 1. The first-order valence-electron chi connectivity index (χ1n) is 6.60. The van der Waals surface area contributed by atoms with Crippen molar-refractivity contribution in [2.75, 3.05) is 12.9 Å². The molecule has 3 heteroatoms. The Hall–Kier alpha value is -1.74. The van der Waals surface area contributed by atoms with Gasteiger partial charge in [0.05, 0.1) is 13.0 Å². The number of methoxy groups -OCH3 is 1. The highest BCUT2D eigenvalue weighted by molar-refractivity contribution is 7.99. The summed E-state index contributed by atoms with van der Waals surface area (Å²) in [5.41, 5.74) is 3.14. The second-order valence-electron chi connectivity index (χ2n) is 5.00. The Morgan fingerprint density at radius 1 is 1.15 bits per heavy atom. The SMILES string of the molecule is COc1ccc2c(c1)SCC(c1ccc(C)cc1)C2=O. The van der Waals surface area contributed by atoms with Crippen molar-refractivity contribution in [1.29, 1.82) is 0 Å². The van der Waals surface area contributed by atoms with E-state index in [-0.39, 0.29) is 11.7 Å². The van der Waals surface area contributed by atoms with Gasteiger partial charge in [0.2, 0.25) is 0 Å². The van der Waals surface area contributed by atoms with Crippen LogP contribution >= 0.6 is 11.8 Å². The lowest BCUT2D eigenvalue weighted by atomic mass is 9.91. The first-order valence-corrected chi connectivity index (χ1v) is 7.59. The van der Waals surface area contributed by atoms with Crippen LogP contribution in [0.2, 0.25) is 0 Å². The molecule has 102 valence electrons. The molecule has 1 aliphatic heterocycles. The Kier molecular flexibility index (Phi) is 3.53. The number of thioether (sulfide) groups is 1. The molecule has 1 atom stereocenters. The minimum absolute atomic E-state index is 0.0403. The number of benzene rings is 2. The quantitative estimate of drug-likeness (QED) is 0.831. The van der Waals surface area contributed by atoms with E-state index in [4.69, 9.17) is 4.74 Å². The minimum Gasteiger partial charge on any atom is -0.497 e. The van der Waals surface area contributed by atoms with Crippen molar-refractivity contribution in [3.05, 3.63) is 59.2 Å². The first-order chi connectivity index (χ1) is 9.69. The lowest BCUT2D eigenvalue weighted by Crippen LogP contribution is -2.20. The van der Waals surface area contributed by atoms with Crippen molar-refractivity contribution in [1.82, 2.24) is 0 Å². The highest BCUT2D eigenvalue weighted by Gasteiger charge is 2.29. The Labute approximate surface area is 123 Å². The predicted molar refractivity (Wildman–Crippen MR) is 82.0 cm³/mol. The molecule has 0 saturated carbocycles. The van der Waals surface area contributed by atoms with Crippen molar-refractivity contribution in [3.63, 3.8) is 0 Å². The van der Waals surface area contributed by atoms with Crippen molar-refractivity contribution < 1.29 is 9.53 Å². The fourth-order valence-corrected chi connectivity index (χ4v) is 3.65. The molecule has 3 rings (SSSR count). The van der Waals surface area contributed by atoms with Crippen LogP contribution in [0.3, 0.4) is 0 Å². The summed E-state index contributed by atoms with van der Waals surface area (Å²) in [4.78, 5) is 13.7. The Morgan fingerprint density at radius 2 is 1.90 bits per heavy atom. The zero-order valence-corrected chi connectivity index (χ0v) is 12.4. The van der Waals surface area contributed by atoms with E-state index >= 15 is 0 Å². The number of carbonyl (C=O) groups excluding carboxylic acids is 1. The molecule has 0 spiro atoms. The molecular formula is C17H16O2S. The summed E-state index contributed by atoms with van der Waals surface area (Å²) in [7, 11) is 1.64. The van der Waals surface area contributed by atoms with E-state index in [1.165, 1.54) is 5.56 Å². The summed E-state index contributed by atoms with van der Waals surface area (Å²) in [6.45, 7) is 2.06. The van der Waals surface area contributed by atoms with Gasteiger partial charge < -0.3 is 4.74 Å². The van der Waals surface area contributed by atoms with Crippen molar-refractivity contribution in [2.45, 2.75) is 17.7 Å². The standard InChI is InChI=1S/C17H16O2S/c1-11-3-5-12(6-4-11)15-10-20-16-9-13(19-2)7-8-14(16)17(15)18/h3-9,15H,10H2,1-2H3. The van der Waals surface area contributed by atoms with Crippen LogP contribution in [-0.4, -0.2) is 18.6 Å². The molecule has 1 aliphatic rings. The van der Waals surface area contributed by atoms with E-state index in [0.717, 1.165) is 27.5 Å². The largest absolute Gasteiger partial charge is 0.497 e. The highest BCUT2D eigenvalue weighted by atomic mass is 32.2. The summed E-state index contributed by atoms with van der Waals surface area (Å²) in [5.74, 6) is 1.77. The summed E-state index contributed by atoms with van der Waals surface area (Å²) in [6.07, 6.45) is 0. The van der Waals surface area contributed by atoms with E-state index < -0.39 is 0 Å². The topological polar surface area (TPSA) is 26.3 Å². The van der Waals surface area contributed by atoms with Crippen LogP contribution in [0.1, 0.15) is 27.4 Å². The fourth-order valence-electron chi connectivity index (χ4n) is 2.44. The van der Waals surface area contributed by atoms with Gasteiger partial charge in [-0.05, 0) is 30.7 Å². The molecular weight excluding hydrogens is 268 g/mol. The van der Waals surface area contributed by atoms with E-state index in [1.54, 1.807) is 18.9 Å². The van der Waals surface area contributed by atoms with Crippen LogP contribution in [0, 0.1) is 6.92 Å². The van der Waals surface area contributed by atoms with E-state index in [9.17, 15) is 4.79 Å². The molecule has 0 aromatic heterocycles. The normalized spacial score (nSPS) is 17.7. The number of hydrogen-bond donors (Lipinski definition) is 0. The summed E-state index contributed by atoms with van der Waals surface area (Å²) in [5, 5.41) is 0. The zero-order chi connectivity index (χ0) is 14.1. The van der Waals surface area contributed by atoms with Crippen LogP contribution in [0.4, 0.5) is 0 Å². The fraction of sp³-hybridized carbons (Fsp3) is 0.235. The Balaban J connectivity index is 1.94. The molecule has 0 amide bonds. The second-order valence-corrected chi connectivity index (χ2v) is 6.06. The number of carbonyl (C=O) groups is 1. The molecule has 0 N–H and O–H groups in total. The smallest absolute Gasteiger partial charge is 0.172 e. The second kappa shape index (κ2) is 5.33. The predicted octanol–water partition coefficient (Wildman–Crippen LogP) is 4.08. The third-order valence-corrected chi connectivity index (χ3v) is 4.80. The van der Waals surface area contributed by atoms with Crippen LogP contribution < -0.4 is 4.74 Å². The molecule has 1 unspecified atom stereocenters. The molecule has 0 aliphatic carbocycles. The average Bonchev–Trinajstić information content (AvgIpc) is 2.48. The van der Waals surface area contributed by atoms with E-state index in [0.29, 0.717) is 0 Å². The van der Waals surface area contributed by atoms with Crippen molar-refractivity contribution in [2.24, 2.45) is 0 Å². The monoisotopic (exact) mass is 284 g/mol. The van der Waals surface area contributed by atoms with Crippen LogP contribution in [0.15, 0.2) is 47.4 Å². The number of rotatable bonds is 2. The Morgan fingerprint density at radius 3 is 2.60 bits per heavy atom. The molecule has 2 aromatic rings. The molecule has 1 heterocycles. The number of aryl methyl sites for hydroxylation is 1. The molecule has 20 heavy (non-hydrogen) atoms. The lowest BCUT2D eigenvalue weighted by Gasteiger charge is -2.23. The van der Waals surface area contributed by atoms with Gasteiger partial charge >= 0.3 is 0 Å². The third-order valence-electron chi connectivity index (χ3n) is 3.66. The van der Waals surface area contributed by atoms with Gasteiger partial charge in [-0.15, -0.1) is 11.8 Å². The van der Waals surface area contributed by atoms with Gasteiger partial charge in [-0.2, -0.15) is 0 Å². The molecule has 2 aromatic carbocycles. The highest BCUT2D eigenvalue weighted by Crippen LogP contribution is 2.39. The lowest BCUT2D eigenvalue weighted by molar-refractivity contribution is 0.0962. The van der Waals surface area contributed by atoms with Crippen LogP contribution in [0.5, 0.6) is 5.75 Å². The molecule has 2 nitrogen and oxygen atoms in total. The number of hydrogen-bond acceptors (Lipinski definition) is 3. The number of fused-ring (bicyclic) bond motifs is 1. The van der Waals surface area contributed by atoms with Gasteiger partial charge in [0.1, 0.15) is 5.75 Å². The van der Waals surface area contributed by atoms with Crippen molar-refractivity contribution >= 4 is 17.5 Å². The maximum absolute atomic E-state index is 12.6. The zero-order valence-electron chi connectivity index (χ0n) is 11.6. The molecule has 0 saturated heterocycles. The van der Waals surface area contributed by atoms with Gasteiger partial charge in [-0.3, -0.25) is 4.79 Å². The van der Waals surface area contributed by atoms with Crippen LogP contribution in [0.25, 0.3) is 0 Å². The molecule has 0 radical (unpaired) electrons. The van der Waals surface area contributed by atoms with E-state index in [1.807, 2.05) is 18.2 Å². The Bertz CT molecular complexity index is 647. The van der Waals surface area contributed by atoms with Gasteiger partial charge in [-0.25, -0.2) is 0 Å². The third kappa shape index (κ3) is 2.34. The minimum atomic E-state index is -0.0403. The van der Waals surface area contributed by atoms with Gasteiger partial charge in [0.15, 0.2) is 5.78 Å². The maximum atomic E-state index is 12.6. The average molecular weight is 284 g/mol. The maximum Gasteiger partial charge on any atom is 0.172 e. The van der Waals surface area contributed by atoms with Crippen molar-refractivity contribution in [3.8, 4) is 5.75 Å². The molecule has 0 bridgehead atoms. The number of Topliss-reactive ketones (excluding diaryl/α,β-unsaturated/α-hetero) is 1. The number of ketones is 1. The first kappa shape index (κ1) is 13.3. The van der Waals surface area contributed by atoms with E-state index in [2.05, 4.69) is 31.2 Å². The van der Waals surface area contributed by atoms with Gasteiger partial charge in [0.25, 0.3) is 0 Å². The van der Waals surface area contributed by atoms with Crippen LogP contribution in [-0.2, 0) is 0 Å². The summed E-state index contributed by atoms with van der Waals surface area (Å²) in [6, 6.07) is 13.9. The van der Waals surface area contributed by atoms with Gasteiger partial charge in [-0.1, -0.05) is 29.8 Å². The molecule has 0 fully saturated rings.